The minimum absolute atomic E-state index is 0.0958. The molecular weight excluding hydrogens is 617 g/mol. The average Bonchev–Trinajstić information content (AvgIpc) is 3.42. The Morgan fingerprint density at radius 3 is 2.59 bits per heavy atom. The van der Waals surface area contributed by atoms with Crippen LogP contribution in [-0.4, -0.2) is 55.7 Å². The van der Waals surface area contributed by atoms with Gasteiger partial charge in [-0.2, -0.15) is 18.3 Å². The van der Waals surface area contributed by atoms with Gasteiger partial charge in [0.1, 0.15) is 11.7 Å². The molecule has 4 heterocycles. The molecule has 0 radical (unpaired) electrons. The van der Waals surface area contributed by atoms with Gasteiger partial charge in [0.05, 0.1) is 22.6 Å². The molecule has 1 atom stereocenters. The van der Waals surface area contributed by atoms with Crippen molar-refractivity contribution in [1.29, 1.82) is 0 Å². The van der Waals surface area contributed by atoms with Gasteiger partial charge in [0.15, 0.2) is 5.69 Å². The number of nitrogens with one attached hydrogen (secondary N) is 2. The maximum Gasteiger partial charge on any atom is 0.408 e. The molecule has 1 aliphatic rings. The highest BCUT2D eigenvalue weighted by Gasteiger charge is 2.32. The highest BCUT2D eigenvalue weighted by Crippen LogP contribution is 2.33. The summed E-state index contributed by atoms with van der Waals surface area (Å²) in [6, 6.07) is 8.29. The lowest BCUT2D eigenvalue weighted by atomic mass is 9.93. The van der Waals surface area contributed by atoms with Crippen LogP contribution >= 0.6 is 23.5 Å². The van der Waals surface area contributed by atoms with Gasteiger partial charge in [0.25, 0.3) is 11.5 Å². The summed E-state index contributed by atoms with van der Waals surface area (Å²) in [7, 11) is 1.67. The number of hydrogen-bond acceptors (Lipinski definition) is 8. The number of pyridine rings is 1. The second kappa shape index (κ2) is 12.7. The molecule has 5 rings (SSSR count). The summed E-state index contributed by atoms with van der Waals surface area (Å²) in [4.78, 5) is 37.5. The van der Waals surface area contributed by atoms with Crippen molar-refractivity contribution in [3.05, 3.63) is 74.6 Å². The zero-order valence-corrected chi connectivity index (χ0v) is 26.1. The Morgan fingerprint density at radius 2 is 1.91 bits per heavy atom. The second-order valence-electron chi connectivity index (χ2n) is 10.8. The fraction of sp³-hybridized carbons (Fsp3) is 0.414. The lowest BCUT2D eigenvalue weighted by molar-refractivity contribution is -0.143. The minimum Gasteiger partial charge on any atom is -0.377 e. The summed E-state index contributed by atoms with van der Waals surface area (Å²) in [6.45, 7) is 3.70. The third kappa shape index (κ3) is 6.65. The van der Waals surface area contributed by atoms with Gasteiger partial charge < -0.3 is 10.2 Å². The van der Waals surface area contributed by atoms with E-state index in [4.69, 9.17) is 16.6 Å². The van der Waals surface area contributed by atoms with E-state index < -0.39 is 18.6 Å². The summed E-state index contributed by atoms with van der Waals surface area (Å²) < 4.78 is 44.4. The molecule has 15 heteroatoms. The maximum absolute atomic E-state index is 13.6. The van der Waals surface area contributed by atoms with Crippen molar-refractivity contribution in [3.8, 4) is 0 Å². The van der Waals surface area contributed by atoms with Crippen LogP contribution in [0.2, 0.25) is 5.15 Å². The van der Waals surface area contributed by atoms with Crippen LogP contribution in [0.15, 0.2) is 41.3 Å². The Hall–Kier alpha value is -3.78. The van der Waals surface area contributed by atoms with Crippen LogP contribution < -0.4 is 20.5 Å². The molecule has 1 amide bonds. The average molecular weight is 649 g/mol. The van der Waals surface area contributed by atoms with Crippen LogP contribution in [0.25, 0.3) is 10.9 Å². The topological polar surface area (TPSA) is 110 Å². The largest absolute Gasteiger partial charge is 0.408 e. The van der Waals surface area contributed by atoms with E-state index in [9.17, 15) is 22.8 Å². The number of piperidine rings is 1. The molecule has 1 fully saturated rings. The first kappa shape index (κ1) is 31.6. The van der Waals surface area contributed by atoms with Gasteiger partial charge in [0.2, 0.25) is 5.95 Å². The molecule has 0 aliphatic carbocycles. The molecular formula is C29H32ClF3N8O2S. The van der Waals surface area contributed by atoms with Gasteiger partial charge in [0, 0.05) is 49.8 Å². The van der Waals surface area contributed by atoms with Crippen LogP contribution in [0.4, 0.5) is 24.8 Å². The van der Waals surface area contributed by atoms with Crippen LogP contribution in [0.3, 0.4) is 0 Å². The second-order valence-corrected chi connectivity index (χ2v) is 11.8. The van der Waals surface area contributed by atoms with Crippen LogP contribution in [0, 0.1) is 6.92 Å². The Labute approximate surface area is 261 Å². The van der Waals surface area contributed by atoms with Gasteiger partial charge >= 0.3 is 6.18 Å². The van der Waals surface area contributed by atoms with E-state index in [1.807, 2.05) is 24.8 Å². The lowest BCUT2D eigenvalue weighted by Crippen LogP contribution is -2.38. The number of carbonyl (C=O) groups is 1. The van der Waals surface area contributed by atoms with Gasteiger partial charge in [-0.15, -0.1) is 0 Å². The number of carbonyl (C=O) groups excluding carboxylic acids is 1. The number of nitrogens with zero attached hydrogens (tertiary/aromatic N) is 6. The molecule has 1 saturated heterocycles. The Morgan fingerprint density at radius 1 is 1.18 bits per heavy atom. The first-order chi connectivity index (χ1) is 20.9. The van der Waals surface area contributed by atoms with Crippen molar-refractivity contribution >= 4 is 52.0 Å². The first-order valence-corrected chi connectivity index (χ1v) is 15.6. The van der Waals surface area contributed by atoms with Gasteiger partial charge in [-0.25, -0.2) is 9.97 Å². The van der Waals surface area contributed by atoms with Crippen LogP contribution in [0.5, 0.6) is 0 Å². The Kier molecular flexibility index (Phi) is 9.12. The molecule has 0 spiro atoms. The Balaban J connectivity index is 1.45. The zero-order valence-electron chi connectivity index (χ0n) is 24.6. The smallest absolute Gasteiger partial charge is 0.377 e. The van der Waals surface area contributed by atoms with E-state index in [0.29, 0.717) is 54.2 Å². The predicted molar refractivity (Wildman–Crippen MR) is 166 cm³/mol. The van der Waals surface area contributed by atoms with Crippen molar-refractivity contribution in [2.24, 2.45) is 7.05 Å². The molecule has 0 saturated carbocycles. The standard InChI is InChI=1S/C29H32ClF3N8O2S/c1-16-13-19(17(2)35-21-5-6-23(30)36-25(21)26(42)38-44-4)24-20(14-16)27(43)39(3)28(37-24)40-11-8-18(9-12-40)22-7-10-34-41(22)15-29(31,32)33/h5-7,10,13-14,17-18,35H,8-9,11-12,15H2,1-4H3,(H,38,42). The highest BCUT2D eigenvalue weighted by atomic mass is 35.5. The quantitative estimate of drug-likeness (QED) is 0.187. The number of aryl methyl sites for hydroxylation is 1. The van der Waals surface area contributed by atoms with E-state index >= 15 is 0 Å². The maximum atomic E-state index is 13.6. The number of fused-ring (bicyclic) bond motifs is 1. The SMILES string of the molecule is CSNC(=O)c1nc(Cl)ccc1NC(C)c1cc(C)cc2c(=O)n(C)c(N3CCC(c4ccnn4CC(F)(F)F)CC3)nc12. The molecule has 234 valence electrons. The number of hydrogen-bond donors (Lipinski definition) is 2. The molecule has 1 unspecified atom stereocenters. The predicted octanol–water partition coefficient (Wildman–Crippen LogP) is 5.61. The van der Waals surface area contributed by atoms with Gasteiger partial charge in [-0.05, 0) is 56.5 Å². The lowest BCUT2D eigenvalue weighted by Gasteiger charge is -2.34. The van der Waals surface area contributed by atoms with Crippen molar-refractivity contribution in [2.45, 2.75) is 51.4 Å². The van der Waals surface area contributed by atoms with Crippen molar-refractivity contribution in [2.75, 3.05) is 29.6 Å². The molecule has 3 aromatic heterocycles. The third-order valence-corrected chi connectivity index (χ3v) is 8.31. The van der Waals surface area contributed by atoms with Gasteiger partial charge in [-0.1, -0.05) is 29.6 Å². The number of aromatic nitrogens is 5. The molecule has 0 bridgehead atoms. The molecule has 1 aliphatic heterocycles. The van der Waals surface area contributed by atoms with Crippen LogP contribution in [0.1, 0.15) is 59.0 Å². The monoisotopic (exact) mass is 648 g/mol. The van der Waals surface area contributed by atoms with E-state index in [1.54, 1.807) is 37.6 Å². The van der Waals surface area contributed by atoms with Gasteiger partial charge in [-0.3, -0.25) is 23.6 Å². The molecule has 4 aromatic rings. The van der Waals surface area contributed by atoms with Crippen molar-refractivity contribution < 1.29 is 18.0 Å². The molecule has 44 heavy (non-hydrogen) atoms. The fourth-order valence-electron chi connectivity index (χ4n) is 5.70. The zero-order chi connectivity index (χ0) is 31.8. The summed E-state index contributed by atoms with van der Waals surface area (Å²) >= 11 is 7.23. The third-order valence-electron chi connectivity index (χ3n) is 7.71. The Bertz CT molecular complexity index is 1750. The summed E-state index contributed by atoms with van der Waals surface area (Å²) in [5, 5.41) is 7.88. The number of amides is 1. The summed E-state index contributed by atoms with van der Waals surface area (Å²) in [5.41, 5.74) is 3.12. The normalized spacial score (nSPS) is 15.0. The number of benzene rings is 1. The molecule has 2 N–H and O–H groups in total. The van der Waals surface area contributed by atoms with E-state index in [1.165, 1.54) is 10.8 Å². The summed E-state index contributed by atoms with van der Waals surface area (Å²) in [6.07, 6.45) is -0.0595. The minimum atomic E-state index is -4.36. The molecule has 10 nitrogen and oxygen atoms in total. The van der Waals surface area contributed by atoms with Crippen molar-refractivity contribution in [1.82, 2.24) is 29.0 Å². The van der Waals surface area contributed by atoms with E-state index in [2.05, 4.69) is 20.1 Å². The van der Waals surface area contributed by atoms with E-state index in [-0.39, 0.29) is 28.4 Å². The fourth-order valence-corrected chi connectivity index (χ4v) is 6.13. The number of anilines is 2. The van der Waals surface area contributed by atoms with Crippen LogP contribution in [-0.2, 0) is 13.6 Å². The number of rotatable bonds is 8. The van der Waals surface area contributed by atoms with Crippen molar-refractivity contribution in [3.63, 3.8) is 0 Å². The highest BCUT2D eigenvalue weighted by molar-refractivity contribution is 7.97. The number of halogens is 4. The van der Waals surface area contributed by atoms with E-state index in [0.717, 1.165) is 27.8 Å². The first-order valence-electron chi connectivity index (χ1n) is 14.0. The summed E-state index contributed by atoms with van der Waals surface area (Å²) in [5.74, 6) is -0.0142. The molecule has 1 aromatic carbocycles. The number of alkyl halides is 3.